The van der Waals surface area contributed by atoms with E-state index in [0.717, 1.165) is 11.1 Å². The molecular weight excluding hydrogens is 503 g/mol. The molecule has 0 aliphatic carbocycles. The first kappa shape index (κ1) is 27.5. The summed E-state index contributed by atoms with van der Waals surface area (Å²) < 4.78 is 30.4. The predicted molar refractivity (Wildman–Crippen MR) is 133 cm³/mol. The molecule has 0 unspecified atom stereocenters. The van der Waals surface area contributed by atoms with Crippen molar-refractivity contribution in [3.05, 3.63) is 90.4 Å². The SMILES string of the molecule is C=C(/C=C\C(=C/C)COc1ccccn1)Cc1cc(-c2cccnc2NC(=O)OCOP(=O)(O)O)on1. The van der Waals surface area contributed by atoms with Crippen LogP contribution >= 0.6 is 7.82 Å². The second-order valence-electron chi connectivity index (χ2n) is 7.36. The van der Waals surface area contributed by atoms with Gasteiger partial charge in [0.15, 0.2) is 5.76 Å². The number of rotatable bonds is 12. The van der Waals surface area contributed by atoms with Gasteiger partial charge in [-0.1, -0.05) is 36.0 Å². The van der Waals surface area contributed by atoms with E-state index in [2.05, 4.69) is 36.3 Å². The Labute approximate surface area is 212 Å². The van der Waals surface area contributed by atoms with Gasteiger partial charge in [0.25, 0.3) is 0 Å². The molecule has 3 heterocycles. The molecule has 0 atom stereocenters. The van der Waals surface area contributed by atoms with Crippen molar-refractivity contribution in [1.82, 2.24) is 15.1 Å². The van der Waals surface area contributed by atoms with Gasteiger partial charge in [-0.15, -0.1) is 0 Å². The Morgan fingerprint density at radius 1 is 1.19 bits per heavy atom. The summed E-state index contributed by atoms with van der Waals surface area (Å²) in [5, 5.41) is 6.42. The van der Waals surface area contributed by atoms with Crippen LogP contribution in [0.1, 0.15) is 12.6 Å². The molecule has 0 aromatic carbocycles. The summed E-state index contributed by atoms with van der Waals surface area (Å²) in [5.74, 6) is 0.964. The highest BCUT2D eigenvalue weighted by Gasteiger charge is 2.17. The van der Waals surface area contributed by atoms with E-state index < -0.39 is 20.7 Å². The Morgan fingerprint density at radius 3 is 2.73 bits per heavy atom. The number of hydrogen-bond acceptors (Lipinski definition) is 9. The van der Waals surface area contributed by atoms with Crippen molar-refractivity contribution in [2.45, 2.75) is 13.3 Å². The monoisotopic (exact) mass is 528 g/mol. The van der Waals surface area contributed by atoms with Crippen LogP contribution in [-0.4, -0.2) is 44.4 Å². The van der Waals surface area contributed by atoms with Crippen LogP contribution in [0.15, 0.2) is 89.3 Å². The molecule has 3 N–H and O–H groups in total. The quantitative estimate of drug-likeness (QED) is 0.173. The predicted octanol–water partition coefficient (Wildman–Crippen LogP) is 4.43. The molecule has 0 aliphatic rings. The second kappa shape index (κ2) is 13.3. The Bertz CT molecular complexity index is 1320. The number of hydrogen-bond donors (Lipinski definition) is 3. The van der Waals surface area contributed by atoms with Crippen LogP contribution in [0.3, 0.4) is 0 Å². The molecule has 3 aromatic heterocycles. The number of nitrogens with one attached hydrogen (secondary N) is 1. The number of phosphoric ester groups is 1. The van der Waals surface area contributed by atoms with Crippen LogP contribution in [0.25, 0.3) is 11.3 Å². The first-order valence-corrected chi connectivity index (χ1v) is 12.4. The average Bonchev–Trinajstić information content (AvgIpc) is 3.32. The number of aromatic nitrogens is 3. The van der Waals surface area contributed by atoms with E-state index in [9.17, 15) is 9.36 Å². The fourth-order valence-corrected chi connectivity index (χ4v) is 3.03. The van der Waals surface area contributed by atoms with Gasteiger partial charge in [-0.3, -0.25) is 5.32 Å². The molecule has 0 spiro atoms. The fraction of sp³-hybridized carbons (Fsp3) is 0.167. The topological polar surface area (TPSA) is 166 Å². The Morgan fingerprint density at radius 2 is 2.00 bits per heavy atom. The van der Waals surface area contributed by atoms with Gasteiger partial charge in [-0.25, -0.2) is 23.9 Å². The van der Waals surface area contributed by atoms with Gasteiger partial charge in [0.1, 0.15) is 12.4 Å². The lowest BCUT2D eigenvalue weighted by atomic mass is 10.1. The molecule has 0 aliphatic heterocycles. The normalized spacial score (nSPS) is 11.9. The largest absolute Gasteiger partial charge is 0.473 e. The summed E-state index contributed by atoms with van der Waals surface area (Å²) in [6.45, 7) is 5.39. The maximum atomic E-state index is 11.9. The highest BCUT2D eigenvalue weighted by molar-refractivity contribution is 7.46. The molecule has 13 heteroatoms. The smallest absolute Gasteiger partial charge is 0.472 e. The highest BCUT2D eigenvalue weighted by atomic mass is 31.2. The van der Waals surface area contributed by atoms with Crippen molar-refractivity contribution in [2.24, 2.45) is 0 Å². The Kier molecular flexibility index (Phi) is 9.87. The molecule has 0 bridgehead atoms. The lowest BCUT2D eigenvalue weighted by Gasteiger charge is -2.09. The minimum absolute atomic E-state index is 0.0933. The lowest BCUT2D eigenvalue weighted by Crippen LogP contribution is -2.16. The molecule has 194 valence electrons. The summed E-state index contributed by atoms with van der Waals surface area (Å²) in [6.07, 6.45) is 8.17. The Hall–Kier alpha value is -4.09. The van der Waals surface area contributed by atoms with Crippen molar-refractivity contribution >= 4 is 19.7 Å². The standard InChI is InChI=1S/C24H25N4O8P/c1-3-18(15-33-22-8-4-5-11-25-22)10-9-17(2)13-19-14-21(36-28-19)20-7-6-12-26-23(20)27-24(29)34-16-35-37(30,31)32/h3-12,14H,2,13,15-16H2,1H3,(H,26,27,29)(H2,30,31,32)/b10-9-,18-3+. The number of pyridine rings is 2. The number of carbonyl (C=O) groups excluding carboxylic acids is 1. The van der Waals surface area contributed by atoms with E-state index in [1.807, 2.05) is 37.3 Å². The van der Waals surface area contributed by atoms with Crippen molar-refractivity contribution in [1.29, 1.82) is 0 Å². The highest BCUT2D eigenvalue weighted by Crippen LogP contribution is 2.35. The van der Waals surface area contributed by atoms with Crippen LogP contribution in [-0.2, 0) is 20.2 Å². The van der Waals surface area contributed by atoms with Crippen molar-refractivity contribution in [2.75, 3.05) is 18.7 Å². The third-order valence-electron chi connectivity index (χ3n) is 4.60. The lowest BCUT2D eigenvalue weighted by molar-refractivity contribution is 0.0470. The molecule has 12 nitrogen and oxygen atoms in total. The first-order chi connectivity index (χ1) is 17.7. The van der Waals surface area contributed by atoms with Crippen molar-refractivity contribution in [3.63, 3.8) is 0 Å². The number of amides is 1. The van der Waals surface area contributed by atoms with Crippen LogP contribution in [0.2, 0.25) is 0 Å². The van der Waals surface area contributed by atoms with Crippen molar-refractivity contribution < 1.29 is 37.7 Å². The molecule has 37 heavy (non-hydrogen) atoms. The van der Waals surface area contributed by atoms with E-state index >= 15 is 0 Å². The van der Waals surface area contributed by atoms with Crippen LogP contribution in [0.5, 0.6) is 5.88 Å². The number of allylic oxidation sites excluding steroid dienone is 3. The van der Waals surface area contributed by atoms with Gasteiger partial charge in [-0.2, -0.15) is 0 Å². The molecule has 3 rings (SSSR count). The number of carbonyl (C=O) groups is 1. The summed E-state index contributed by atoms with van der Waals surface area (Å²) in [5.41, 5.74) is 2.73. The maximum Gasteiger partial charge on any atom is 0.472 e. The van der Waals surface area contributed by atoms with E-state index in [1.165, 1.54) is 6.20 Å². The molecule has 1 amide bonds. The van der Waals surface area contributed by atoms with Crippen molar-refractivity contribution in [3.8, 4) is 17.2 Å². The van der Waals surface area contributed by atoms with Gasteiger partial charge < -0.3 is 23.8 Å². The van der Waals surface area contributed by atoms with Crippen LogP contribution < -0.4 is 10.1 Å². The van der Waals surface area contributed by atoms with Gasteiger partial charge >= 0.3 is 13.9 Å². The van der Waals surface area contributed by atoms with E-state index in [0.29, 0.717) is 35.9 Å². The average molecular weight is 528 g/mol. The summed E-state index contributed by atoms with van der Waals surface area (Å²) >= 11 is 0. The van der Waals surface area contributed by atoms with E-state index in [1.54, 1.807) is 30.5 Å². The zero-order valence-corrected chi connectivity index (χ0v) is 20.7. The Balaban J connectivity index is 1.57. The van der Waals surface area contributed by atoms with Gasteiger partial charge in [0, 0.05) is 30.9 Å². The molecule has 3 aromatic rings. The first-order valence-electron chi connectivity index (χ1n) is 10.8. The molecule has 0 saturated carbocycles. The van der Waals surface area contributed by atoms with Crippen LogP contribution in [0.4, 0.5) is 10.6 Å². The molecular formula is C24H25N4O8P. The second-order valence-corrected chi connectivity index (χ2v) is 8.60. The number of phosphoric acid groups is 1. The zero-order chi connectivity index (χ0) is 26.7. The third-order valence-corrected chi connectivity index (χ3v) is 5.04. The molecule has 0 saturated heterocycles. The molecule has 0 fully saturated rings. The molecule has 0 radical (unpaired) electrons. The van der Waals surface area contributed by atoms with Gasteiger partial charge in [0.2, 0.25) is 12.7 Å². The minimum atomic E-state index is -4.77. The fourth-order valence-electron chi connectivity index (χ4n) is 2.84. The number of ether oxygens (including phenoxy) is 2. The maximum absolute atomic E-state index is 11.9. The summed E-state index contributed by atoms with van der Waals surface area (Å²) in [4.78, 5) is 37.4. The number of anilines is 1. The van der Waals surface area contributed by atoms with Gasteiger partial charge in [-0.05, 0) is 36.3 Å². The van der Waals surface area contributed by atoms with E-state index in [-0.39, 0.29) is 5.82 Å². The third kappa shape index (κ3) is 9.47. The summed E-state index contributed by atoms with van der Waals surface area (Å²) in [7, 11) is -4.77. The van der Waals surface area contributed by atoms with E-state index in [4.69, 9.17) is 19.0 Å². The number of nitrogens with zero attached hydrogens (tertiary/aromatic N) is 3. The summed E-state index contributed by atoms with van der Waals surface area (Å²) in [6, 6.07) is 10.4. The minimum Gasteiger partial charge on any atom is -0.473 e. The zero-order valence-electron chi connectivity index (χ0n) is 19.8. The van der Waals surface area contributed by atoms with Gasteiger partial charge in [0.05, 0.1) is 11.3 Å². The van der Waals surface area contributed by atoms with Crippen LogP contribution in [0, 0.1) is 0 Å².